The van der Waals surface area contributed by atoms with E-state index in [2.05, 4.69) is 10.2 Å². The molecular weight excluding hydrogens is 491 g/mol. The molecule has 3 N–H and O–H groups in total. The van der Waals surface area contributed by atoms with E-state index in [9.17, 15) is 28.2 Å². The fourth-order valence-corrected chi connectivity index (χ4v) is 4.75. The fraction of sp³-hybridized carbons (Fsp3) is 0.231. The topological polar surface area (TPSA) is 97.3 Å². The van der Waals surface area contributed by atoms with E-state index in [1.807, 2.05) is 0 Å². The molecule has 0 saturated carbocycles. The van der Waals surface area contributed by atoms with E-state index >= 15 is 0 Å². The smallest absolute Gasteiger partial charge is 0.407 e. The lowest BCUT2D eigenvalue weighted by molar-refractivity contribution is -0.136. The van der Waals surface area contributed by atoms with Crippen molar-refractivity contribution in [3.63, 3.8) is 0 Å². The molecule has 3 aromatic rings. The molecule has 0 spiro atoms. The number of aromatic nitrogens is 1. The molecule has 2 aliphatic rings. The molecular formula is C26H20F3N3O5. The van der Waals surface area contributed by atoms with Crippen LogP contribution in [-0.4, -0.2) is 27.3 Å². The van der Waals surface area contributed by atoms with Crippen molar-refractivity contribution in [1.82, 2.24) is 4.57 Å². The van der Waals surface area contributed by atoms with Crippen molar-refractivity contribution in [2.45, 2.75) is 31.2 Å². The molecule has 5 rings (SSSR count). The molecule has 0 saturated heterocycles. The third-order valence-corrected chi connectivity index (χ3v) is 6.32. The summed E-state index contributed by atoms with van der Waals surface area (Å²) >= 11 is 0. The second kappa shape index (κ2) is 8.60. The Kier molecular flexibility index (Phi) is 5.64. The molecule has 8 nitrogen and oxygen atoms in total. The van der Waals surface area contributed by atoms with E-state index < -0.39 is 40.9 Å². The van der Waals surface area contributed by atoms with Crippen LogP contribution in [0.1, 0.15) is 36.1 Å². The molecule has 11 heteroatoms. The molecule has 0 fully saturated rings. The Balaban J connectivity index is 1.42. The predicted molar refractivity (Wildman–Crippen MR) is 126 cm³/mol. The van der Waals surface area contributed by atoms with Gasteiger partial charge in [-0.25, -0.2) is 4.85 Å². The van der Waals surface area contributed by atoms with Crippen LogP contribution in [0.3, 0.4) is 0 Å². The highest BCUT2D eigenvalue weighted by atomic mass is 19.4. The second-order valence-electron chi connectivity index (χ2n) is 8.67. The summed E-state index contributed by atoms with van der Waals surface area (Å²) in [6, 6.07) is 9.68. The first kappa shape index (κ1) is 24.3. The molecule has 2 bridgehead atoms. The highest BCUT2D eigenvalue weighted by Gasteiger charge is 2.52. The number of nitrogens with zero attached hydrogens (tertiary/aromatic N) is 2. The van der Waals surface area contributed by atoms with E-state index in [1.54, 1.807) is 36.4 Å². The van der Waals surface area contributed by atoms with Crippen molar-refractivity contribution in [3.8, 4) is 23.2 Å². The van der Waals surface area contributed by atoms with Crippen LogP contribution in [0.15, 0.2) is 54.6 Å². The summed E-state index contributed by atoms with van der Waals surface area (Å²) < 4.78 is 53.3. The minimum absolute atomic E-state index is 0.144. The van der Waals surface area contributed by atoms with Gasteiger partial charge in [0.25, 0.3) is 0 Å². The fourth-order valence-electron chi connectivity index (χ4n) is 4.75. The van der Waals surface area contributed by atoms with E-state index in [0.717, 1.165) is 16.7 Å². The summed E-state index contributed by atoms with van der Waals surface area (Å²) in [5.41, 5.74) is -1.91. The molecule has 1 aromatic heterocycles. The van der Waals surface area contributed by atoms with Crippen molar-refractivity contribution >= 4 is 17.3 Å². The van der Waals surface area contributed by atoms with Crippen molar-refractivity contribution in [2.24, 2.45) is 0 Å². The second-order valence-corrected chi connectivity index (χ2v) is 8.67. The van der Waals surface area contributed by atoms with Crippen LogP contribution < -0.4 is 10.1 Å². The number of amides is 1. The van der Waals surface area contributed by atoms with Crippen LogP contribution in [0.25, 0.3) is 10.5 Å². The third-order valence-electron chi connectivity index (χ3n) is 6.32. The van der Waals surface area contributed by atoms with Gasteiger partial charge in [-0.1, -0.05) is 12.1 Å². The quantitative estimate of drug-likeness (QED) is 0.291. The molecule has 2 unspecified atom stereocenters. The van der Waals surface area contributed by atoms with Crippen molar-refractivity contribution in [3.05, 3.63) is 82.7 Å². The van der Waals surface area contributed by atoms with Gasteiger partial charge in [-0.05, 0) is 42.5 Å². The molecule has 0 aliphatic carbocycles. The van der Waals surface area contributed by atoms with Gasteiger partial charge in [0, 0.05) is 19.0 Å². The number of carbonyl (C=O) groups is 1. The monoisotopic (exact) mass is 511 g/mol. The Labute approximate surface area is 209 Å². The number of benzene rings is 2. The lowest BCUT2D eigenvalue weighted by Crippen LogP contribution is -2.24. The van der Waals surface area contributed by atoms with E-state index in [-0.39, 0.29) is 35.7 Å². The zero-order chi connectivity index (χ0) is 26.5. The summed E-state index contributed by atoms with van der Waals surface area (Å²) in [6.07, 6.45) is -1.81. The van der Waals surface area contributed by atoms with Crippen LogP contribution in [0.5, 0.6) is 17.5 Å². The lowest BCUT2D eigenvalue weighted by atomic mass is 9.87. The number of carbonyl (C=O) groups excluding carboxylic acids is 1. The normalized spacial score (nSPS) is 19.5. The Morgan fingerprint density at radius 2 is 1.95 bits per heavy atom. The number of halogens is 3. The van der Waals surface area contributed by atoms with Crippen LogP contribution in [0, 0.1) is 6.57 Å². The maximum atomic E-state index is 13.5. The Bertz CT molecular complexity index is 1470. The number of aromatic hydroxyl groups is 2. The van der Waals surface area contributed by atoms with Crippen LogP contribution in [-0.2, 0) is 21.3 Å². The van der Waals surface area contributed by atoms with Gasteiger partial charge < -0.3 is 25.0 Å². The van der Waals surface area contributed by atoms with Gasteiger partial charge in [0.05, 0.1) is 35.6 Å². The molecule has 190 valence electrons. The van der Waals surface area contributed by atoms with Crippen molar-refractivity contribution in [1.29, 1.82) is 0 Å². The van der Waals surface area contributed by atoms with Gasteiger partial charge in [0.1, 0.15) is 17.5 Å². The first-order valence-corrected chi connectivity index (χ1v) is 11.2. The molecule has 1 amide bonds. The standard InChI is InChI=1S/C26H20F3N3O5/c1-14(33)31-15-3-6-17(7-4-15)36-12-11-25-10-9-20(37-25)21-22(25)24(35)32(23(21)34)16-5-8-19(30-2)18(13-16)26(27,28)29/h3-10,13,20,34-35H,11-12H2,1H3,(H,31,33). The SMILES string of the molecule is [C-]#[N+]c1ccc(-n2c(O)c3c(c2O)C2(CCOc4ccc(NC(C)=O)cc4)C=CC3O2)cc1C(F)(F)F. The number of hydrogen-bond acceptors (Lipinski definition) is 5. The van der Waals surface area contributed by atoms with Gasteiger partial charge in [-0.15, -0.1) is 0 Å². The van der Waals surface area contributed by atoms with Gasteiger partial charge >= 0.3 is 6.18 Å². The van der Waals surface area contributed by atoms with Gasteiger partial charge in [0.2, 0.25) is 17.7 Å². The number of anilines is 1. The molecule has 2 aromatic carbocycles. The van der Waals surface area contributed by atoms with Crippen molar-refractivity contribution in [2.75, 3.05) is 11.9 Å². The van der Waals surface area contributed by atoms with E-state index in [1.165, 1.54) is 13.0 Å². The molecule has 2 aliphatic heterocycles. The lowest BCUT2D eigenvalue weighted by Gasteiger charge is -2.24. The number of rotatable bonds is 6. The molecule has 0 radical (unpaired) electrons. The average Bonchev–Trinajstić information content (AvgIpc) is 3.49. The summed E-state index contributed by atoms with van der Waals surface area (Å²) in [5, 5.41) is 24.7. The van der Waals surface area contributed by atoms with Crippen LogP contribution in [0.4, 0.5) is 24.5 Å². The Hall–Kier alpha value is -4.43. The molecule has 2 atom stereocenters. The number of nitrogens with one attached hydrogen (secondary N) is 1. The number of alkyl halides is 3. The van der Waals surface area contributed by atoms with Gasteiger partial charge in [-0.2, -0.15) is 13.2 Å². The molecule has 37 heavy (non-hydrogen) atoms. The van der Waals surface area contributed by atoms with Crippen LogP contribution in [0.2, 0.25) is 0 Å². The minimum atomic E-state index is -4.79. The maximum absolute atomic E-state index is 13.5. The third kappa shape index (κ3) is 4.05. The zero-order valence-electron chi connectivity index (χ0n) is 19.3. The average molecular weight is 511 g/mol. The summed E-state index contributed by atoms with van der Waals surface area (Å²) in [4.78, 5) is 14.1. The summed E-state index contributed by atoms with van der Waals surface area (Å²) in [6.45, 7) is 8.57. The first-order valence-electron chi connectivity index (χ1n) is 11.2. The maximum Gasteiger partial charge on any atom is 0.407 e. The summed E-state index contributed by atoms with van der Waals surface area (Å²) in [7, 11) is 0. The minimum Gasteiger partial charge on any atom is -0.494 e. The summed E-state index contributed by atoms with van der Waals surface area (Å²) in [5.74, 6) is -0.562. The van der Waals surface area contributed by atoms with E-state index in [0.29, 0.717) is 11.4 Å². The largest absolute Gasteiger partial charge is 0.494 e. The first-order chi connectivity index (χ1) is 17.5. The number of hydrogen-bond donors (Lipinski definition) is 3. The van der Waals surface area contributed by atoms with E-state index in [4.69, 9.17) is 16.0 Å². The van der Waals surface area contributed by atoms with Gasteiger partial charge in [0.15, 0.2) is 5.69 Å². The zero-order valence-corrected chi connectivity index (χ0v) is 19.3. The highest BCUT2D eigenvalue weighted by molar-refractivity contribution is 5.88. The Morgan fingerprint density at radius 3 is 2.59 bits per heavy atom. The highest BCUT2D eigenvalue weighted by Crippen LogP contribution is 2.59. The predicted octanol–water partition coefficient (Wildman–Crippen LogP) is 5.72. The number of fused-ring (bicyclic) bond motifs is 5. The van der Waals surface area contributed by atoms with Crippen LogP contribution >= 0.6 is 0 Å². The number of ether oxygens (including phenoxy) is 2. The van der Waals surface area contributed by atoms with Gasteiger partial charge in [-0.3, -0.25) is 9.36 Å². The Morgan fingerprint density at radius 1 is 1.22 bits per heavy atom. The molecule has 3 heterocycles. The van der Waals surface area contributed by atoms with Crippen molar-refractivity contribution < 1.29 is 37.7 Å².